The third kappa shape index (κ3) is 5.53. The maximum atomic E-state index is 14.6. The van der Waals surface area contributed by atoms with Crippen molar-refractivity contribution in [3.63, 3.8) is 0 Å². The van der Waals surface area contributed by atoms with Crippen molar-refractivity contribution in [2.75, 3.05) is 7.11 Å². The predicted molar refractivity (Wildman–Crippen MR) is 153 cm³/mol. The summed E-state index contributed by atoms with van der Waals surface area (Å²) < 4.78 is 25.9. The standard InChI is InChI=1S/C33H29O3P/c1-25-8-20-32(21-9-25)37(34,31-6-4-3-5-7-31)33-22-18-30(19-23-33)36-29-16-12-27(13-17-29)24-26-10-14-28(35-2)15-11-26/h3-23H,24H2,1-2H3. The second-order valence-corrected chi connectivity index (χ2v) is 11.8. The summed E-state index contributed by atoms with van der Waals surface area (Å²) in [6.45, 7) is 2.04. The molecule has 0 amide bonds. The van der Waals surface area contributed by atoms with Gasteiger partial charge in [0, 0.05) is 15.9 Å². The normalized spacial score (nSPS) is 12.5. The topological polar surface area (TPSA) is 35.5 Å². The van der Waals surface area contributed by atoms with E-state index in [4.69, 9.17) is 9.47 Å². The molecule has 1 unspecified atom stereocenters. The molecule has 0 spiro atoms. The first kappa shape index (κ1) is 24.6. The number of hydrogen-bond acceptors (Lipinski definition) is 3. The van der Waals surface area contributed by atoms with Gasteiger partial charge in [0.1, 0.15) is 17.2 Å². The smallest absolute Gasteiger partial charge is 0.171 e. The van der Waals surface area contributed by atoms with Gasteiger partial charge in [0.15, 0.2) is 7.14 Å². The van der Waals surface area contributed by atoms with E-state index in [1.54, 1.807) is 7.11 Å². The van der Waals surface area contributed by atoms with Gasteiger partial charge in [-0.1, -0.05) is 84.4 Å². The molecule has 0 N–H and O–H groups in total. The monoisotopic (exact) mass is 504 g/mol. The highest BCUT2D eigenvalue weighted by molar-refractivity contribution is 7.85. The van der Waals surface area contributed by atoms with Crippen LogP contribution in [0.2, 0.25) is 0 Å². The lowest BCUT2D eigenvalue weighted by Crippen LogP contribution is -2.24. The molecule has 0 aliphatic heterocycles. The van der Waals surface area contributed by atoms with E-state index in [2.05, 4.69) is 24.3 Å². The van der Waals surface area contributed by atoms with E-state index in [0.29, 0.717) is 5.75 Å². The van der Waals surface area contributed by atoms with Crippen LogP contribution in [0.3, 0.4) is 0 Å². The lowest BCUT2D eigenvalue weighted by molar-refractivity contribution is 0.414. The summed E-state index contributed by atoms with van der Waals surface area (Å²) in [5, 5.41) is 2.43. The minimum atomic E-state index is -3.01. The Morgan fingerprint density at radius 3 is 1.49 bits per heavy atom. The second kappa shape index (κ2) is 10.9. The summed E-state index contributed by atoms with van der Waals surface area (Å²) in [6, 6.07) is 41.5. The van der Waals surface area contributed by atoms with Gasteiger partial charge in [-0.3, -0.25) is 0 Å². The third-order valence-corrected chi connectivity index (χ3v) is 9.52. The summed E-state index contributed by atoms with van der Waals surface area (Å²) in [7, 11) is -1.33. The highest BCUT2D eigenvalue weighted by Gasteiger charge is 2.29. The fourth-order valence-electron chi connectivity index (χ4n) is 4.35. The van der Waals surface area contributed by atoms with Gasteiger partial charge in [-0.15, -0.1) is 0 Å². The van der Waals surface area contributed by atoms with E-state index < -0.39 is 7.14 Å². The molecule has 5 aromatic rings. The van der Waals surface area contributed by atoms with Crippen LogP contribution in [-0.2, 0) is 11.0 Å². The van der Waals surface area contributed by atoms with Crippen molar-refractivity contribution in [2.45, 2.75) is 13.3 Å². The van der Waals surface area contributed by atoms with E-state index in [1.807, 2.05) is 110 Å². The Morgan fingerprint density at radius 1 is 0.541 bits per heavy atom. The lowest BCUT2D eigenvalue weighted by Gasteiger charge is -2.20. The first-order valence-electron chi connectivity index (χ1n) is 12.3. The van der Waals surface area contributed by atoms with E-state index in [1.165, 1.54) is 11.1 Å². The molecule has 0 aliphatic carbocycles. The van der Waals surface area contributed by atoms with Gasteiger partial charge in [0.2, 0.25) is 0 Å². The second-order valence-electron chi connectivity index (χ2n) is 9.05. The Balaban J connectivity index is 1.34. The molecule has 184 valence electrons. The maximum absolute atomic E-state index is 14.6. The molecule has 0 fully saturated rings. The van der Waals surface area contributed by atoms with Crippen LogP contribution < -0.4 is 25.4 Å². The molecular formula is C33H29O3P. The van der Waals surface area contributed by atoms with Crippen LogP contribution in [0.25, 0.3) is 0 Å². The zero-order valence-corrected chi connectivity index (χ0v) is 21.9. The van der Waals surface area contributed by atoms with Gasteiger partial charge < -0.3 is 14.0 Å². The number of benzene rings is 5. The molecule has 0 aliphatic rings. The third-order valence-electron chi connectivity index (χ3n) is 6.44. The van der Waals surface area contributed by atoms with E-state index in [9.17, 15) is 4.57 Å². The van der Waals surface area contributed by atoms with Crippen molar-refractivity contribution in [3.05, 3.63) is 144 Å². The van der Waals surface area contributed by atoms with E-state index >= 15 is 0 Å². The van der Waals surface area contributed by atoms with Gasteiger partial charge in [0.25, 0.3) is 0 Å². The zero-order valence-electron chi connectivity index (χ0n) is 21.0. The quantitative estimate of drug-likeness (QED) is 0.213. The molecule has 1 atom stereocenters. The molecular weight excluding hydrogens is 475 g/mol. The van der Waals surface area contributed by atoms with Gasteiger partial charge in [0.05, 0.1) is 7.11 Å². The highest BCUT2D eigenvalue weighted by Crippen LogP contribution is 2.42. The molecule has 0 aromatic heterocycles. The van der Waals surface area contributed by atoms with Gasteiger partial charge in [-0.2, -0.15) is 0 Å². The Morgan fingerprint density at radius 2 is 0.973 bits per heavy atom. The minimum absolute atomic E-state index is 0.704. The maximum Gasteiger partial charge on any atom is 0.171 e. The number of methoxy groups -OCH3 is 1. The van der Waals surface area contributed by atoms with Gasteiger partial charge in [-0.25, -0.2) is 0 Å². The molecule has 3 nitrogen and oxygen atoms in total. The largest absolute Gasteiger partial charge is 0.497 e. The first-order chi connectivity index (χ1) is 18.0. The zero-order chi connectivity index (χ0) is 25.7. The van der Waals surface area contributed by atoms with Gasteiger partial charge >= 0.3 is 0 Å². The van der Waals surface area contributed by atoms with Crippen molar-refractivity contribution in [2.24, 2.45) is 0 Å². The van der Waals surface area contributed by atoms with Crippen LogP contribution >= 0.6 is 7.14 Å². The molecule has 5 aromatic carbocycles. The summed E-state index contributed by atoms with van der Waals surface area (Å²) >= 11 is 0. The first-order valence-corrected chi connectivity index (χ1v) is 14.0. The SMILES string of the molecule is COc1ccc(Cc2ccc(Oc3ccc(P(=O)(c4ccccc4)c4ccc(C)cc4)cc3)cc2)cc1. The molecule has 0 radical (unpaired) electrons. The fraction of sp³-hybridized carbons (Fsp3) is 0.0909. The fourth-order valence-corrected chi connectivity index (χ4v) is 6.98. The molecule has 5 rings (SSSR count). The van der Waals surface area contributed by atoms with Crippen molar-refractivity contribution in [1.29, 1.82) is 0 Å². The molecule has 4 heteroatoms. The van der Waals surface area contributed by atoms with Crippen LogP contribution in [0.15, 0.2) is 127 Å². The van der Waals surface area contributed by atoms with Crippen molar-refractivity contribution >= 4 is 23.1 Å². The van der Waals surface area contributed by atoms with Crippen LogP contribution in [0.5, 0.6) is 17.2 Å². The highest BCUT2D eigenvalue weighted by atomic mass is 31.2. The van der Waals surface area contributed by atoms with Crippen molar-refractivity contribution < 1.29 is 14.0 Å². The molecule has 37 heavy (non-hydrogen) atoms. The predicted octanol–water partition coefficient (Wildman–Crippen LogP) is 7.03. The van der Waals surface area contributed by atoms with Crippen LogP contribution in [0.4, 0.5) is 0 Å². The van der Waals surface area contributed by atoms with Crippen LogP contribution in [0.1, 0.15) is 16.7 Å². The summed E-state index contributed by atoms with van der Waals surface area (Å²) in [5.41, 5.74) is 3.57. The average molecular weight is 505 g/mol. The molecule has 0 heterocycles. The van der Waals surface area contributed by atoms with E-state index in [-0.39, 0.29) is 0 Å². The Hall–Kier alpha value is -4.07. The average Bonchev–Trinajstić information content (AvgIpc) is 2.95. The summed E-state index contributed by atoms with van der Waals surface area (Å²) in [5.74, 6) is 2.32. The number of aryl methyl sites for hydroxylation is 1. The number of rotatable bonds is 8. The number of hydrogen-bond donors (Lipinski definition) is 0. The Bertz CT molecular complexity index is 1490. The lowest BCUT2D eigenvalue weighted by atomic mass is 10.0. The van der Waals surface area contributed by atoms with Crippen molar-refractivity contribution in [3.8, 4) is 17.2 Å². The Labute approximate surface area is 218 Å². The number of ether oxygens (including phenoxy) is 2. The van der Waals surface area contributed by atoms with Crippen LogP contribution in [0, 0.1) is 6.92 Å². The van der Waals surface area contributed by atoms with Crippen molar-refractivity contribution in [1.82, 2.24) is 0 Å². The van der Waals surface area contributed by atoms with E-state index in [0.717, 1.165) is 39.4 Å². The Kier molecular flexibility index (Phi) is 7.25. The van der Waals surface area contributed by atoms with Gasteiger partial charge in [-0.05, 0) is 73.0 Å². The minimum Gasteiger partial charge on any atom is -0.497 e. The summed E-state index contributed by atoms with van der Waals surface area (Å²) in [4.78, 5) is 0. The molecule has 0 bridgehead atoms. The molecule has 0 saturated carbocycles. The van der Waals surface area contributed by atoms with Crippen LogP contribution in [-0.4, -0.2) is 7.11 Å². The molecule has 0 saturated heterocycles. The summed E-state index contributed by atoms with van der Waals surface area (Å²) in [6.07, 6.45) is 0.840.